The molecular formula is C13H17N3O2. The van der Waals surface area contributed by atoms with E-state index in [-0.39, 0.29) is 6.04 Å². The smallest absolute Gasteiger partial charge is 0.295 e. The van der Waals surface area contributed by atoms with Crippen LogP contribution in [0.4, 0.5) is 11.7 Å². The van der Waals surface area contributed by atoms with Gasteiger partial charge in [0.1, 0.15) is 5.52 Å². The van der Waals surface area contributed by atoms with Gasteiger partial charge in [0.05, 0.1) is 6.61 Å². The van der Waals surface area contributed by atoms with E-state index in [0.717, 1.165) is 25.2 Å². The summed E-state index contributed by atoms with van der Waals surface area (Å²) in [6.07, 6.45) is 1.08. The van der Waals surface area contributed by atoms with E-state index in [1.807, 2.05) is 12.1 Å². The Labute approximate surface area is 105 Å². The summed E-state index contributed by atoms with van der Waals surface area (Å²) in [5.41, 5.74) is 7.93. The van der Waals surface area contributed by atoms with Crippen molar-refractivity contribution in [3.63, 3.8) is 0 Å². The van der Waals surface area contributed by atoms with E-state index in [2.05, 4.69) is 17.2 Å². The van der Waals surface area contributed by atoms with Crippen LogP contribution in [0.5, 0.6) is 0 Å². The molecule has 18 heavy (non-hydrogen) atoms. The molecule has 5 nitrogen and oxygen atoms in total. The Kier molecular flexibility index (Phi) is 2.83. The summed E-state index contributed by atoms with van der Waals surface area (Å²) in [4.78, 5) is 4.39. The Hall–Kier alpha value is -1.75. The fraction of sp³-hybridized carbons (Fsp3) is 0.462. The first-order valence-electron chi connectivity index (χ1n) is 6.23. The maximum atomic E-state index is 5.71. The van der Waals surface area contributed by atoms with Gasteiger partial charge in [-0.1, -0.05) is 0 Å². The Morgan fingerprint density at radius 1 is 1.50 bits per heavy atom. The minimum atomic E-state index is 0.290. The van der Waals surface area contributed by atoms with Gasteiger partial charge in [-0.15, -0.1) is 0 Å². The highest BCUT2D eigenvalue weighted by molar-refractivity contribution is 5.78. The lowest BCUT2D eigenvalue weighted by molar-refractivity contribution is 0.183. The molecule has 0 bridgehead atoms. The molecule has 0 spiro atoms. The minimum Gasteiger partial charge on any atom is -0.423 e. The van der Waals surface area contributed by atoms with Gasteiger partial charge in [-0.3, -0.25) is 0 Å². The molecule has 3 rings (SSSR count). The molecule has 1 aliphatic rings. The van der Waals surface area contributed by atoms with Crippen LogP contribution in [0.3, 0.4) is 0 Å². The lowest BCUT2D eigenvalue weighted by Crippen LogP contribution is -2.26. The highest BCUT2D eigenvalue weighted by atomic mass is 16.5. The van der Waals surface area contributed by atoms with Crippen LogP contribution in [-0.2, 0) is 4.74 Å². The number of hydrogen-bond acceptors (Lipinski definition) is 5. The molecule has 1 saturated heterocycles. The molecule has 1 aromatic carbocycles. The summed E-state index contributed by atoms with van der Waals surface area (Å²) in [5, 5.41) is 3.29. The van der Waals surface area contributed by atoms with Crippen molar-refractivity contribution in [1.29, 1.82) is 0 Å². The Bertz CT molecular complexity index is 546. The molecule has 2 aromatic rings. The third-order valence-electron chi connectivity index (χ3n) is 3.44. The van der Waals surface area contributed by atoms with Crippen LogP contribution in [-0.4, -0.2) is 24.2 Å². The van der Waals surface area contributed by atoms with Gasteiger partial charge in [0, 0.05) is 30.3 Å². The van der Waals surface area contributed by atoms with E-state index in [9.17, 15) is 0 Å². The monoisotopic (exact) mass is 247 g/mol. The lowest BCUT2D eigenvalue weighted by atomic mass is 10.0. The summed E-state index contributed by atoms with van der Waals surface area (Å²) in [6.45, 7) is 3.78. The number of hydrogen-bond donors (Lipinski definition) is 2. The van der Waals surface area contributed by atoms with E-state index in [4.69, 9.17) is 14.9 Å². The van der Waals surface area contributed by atoms with Gasteiger partial charge < -0.3 is 20.2 Å². The first-order valence-corrected chi connectivity index (χ1v) is 6.23. The molecule has 1 aromatic heterocycles. The molecule has 0 amide bonds. The van der Waals surface area contributed by atoms with Gasteiger partial charge in [0.25, 0.3) is 6.01 Å². The number of benzene rings is 1. The van der Waals surface area contributed by atoms with E-state index in [0.29, 0.717) is 23.2 Å². The fourth-order valence-electron chi connectivity index (χ4n) is 2.26. The van der Waals surface area contributed by atoms with Crippen LogP contribution in [0.1, 0.15) is 13.3 Å². The van der Waals surface area contributed by atoms with Gasteiger partial charge >= 0.3 is 0 Å². The van der Waals surface area contributed by atoms with Crippen molar-refractivity contribution in [2.24, 2.45) is 5.92 Å². The molecule has 2 heterocycles. The number of nitrogens with two attached hydrogens (primary N) is 1. The van der Waals surface area contributed by atoms with Gasteiger partial charge in [-0.25, -0.2) is 0 Å². The molecule has 0 radical (unpaired) electrons. The second-order valence-corrected chi connectivity index (χ2v) is 4.80. The molecular weight excluding hydrogens is 230 g/mol. The van der Waals surface area contributed by atoms with E-state index in [1.54, 1.807) is 6.07 Å². The summed E-state index contributed by atoms with van der Waals surface area (Å²) >= 11 is 0. The molecule has 0 saturated carbocycles. The number of aromatic nitrogens is 1. The maximum absolute atomic E-state index is 5.71. The third-order valence-corrected chi connectivity index (χ3v) is 3.44. The third kappa shape index (κ3) is 2.13. The summed E-state index contributed by atoms with van der Waals surface area (Å²) < 4.78 is 11.0. The van der Waals surface area contributed by atoms with Crippen LogP contribution in [0, 0.1) is 5.92 Å². The second-order valence-electron chi connectivity index (χ2n) is 4.80. The van der Waals surface area contributed by atoms with E-state index < -0.39 is 0 Å². The molecule has 96 valence electrons. The predicted molar refractivity (Wildman–Crippen MR) is 70.4 cm³/mol. The van der Waals surface area contributed by atoms with Crippen molar-refractivity contribution in [2.45, 2.75) is 19.4 Å². The van der Waals surface area contributed by atoms with Gasteiger partial charge in [0.15, 0.2) is 5.58 Å². The number of nitrogen functional groups attached to an aromatic ring is 1. The highest BCUT2D eigenvalue weighted by Gasteiger charge is 2.23. The predicted octanol–water partition coefficient (Wildman–Crippen LogP) is 2.25. The number of oxazole rings is 1. The van der Waals surface area contributed by atoms with Crippen LogP contribution in [0.15, 0.2) is 22.6 Å². The molecule has 0 aliphatic carbocycles. The van der Waals surface area contributed by atoms with Crippen LogP contribution >= 0.6 is 0 Å². The summed E-state index contributed by atoms with van der Waals surface area (Å²) in [5.74, 6) is 0.519. The highest BCUT2D eigenvalue weighted by Crippen LogP contribution is 2.24. The fourth-order valence-corrected chi connectivity index (χ4v) is 2.26. The minimum absolute atomic E-state index is 0.290. The van der Waals surface area contributed by atoms with Crippen LogP contribution < -0.4 is 11.1 Å². The quantitative estimate of drug-likeness (QED) is 0.814. The van der Waals surface area contributed by atoms with E-state index in [1.165, 1.54) is 0 Å². The zero-order chi connectivity index (χ0) is 12.5. The normalized spacial score (nSPS) is 21.3. The number of rotatable bonds is 3. The average Bonchev–Trinajstić information content (AvgIpc) is 2.95. The topological polar surface area (TPSA) is 73.3 Å². The Balaban J connectivity index is 1.77. The Morgan fingerprint density at radius 2 is 2.39 bits per heavy atom. The first kappa shape index (κ1) is 11.3. The van der Waals surface area contributed by atoms with Crippen molar-refractivity contribution in [3.05, 3.63) is 18.2 Å². The number of ether oxygens (including phenoxy) is 1. The molecule has 1 fully saturated rings. The largest absolute Gasteiger partial charge is 0.423 e. The van der Waals surface area contributed by atoms with Gasteiger partial charge in [-0.2, -0.15) is 4.98 Å². The van der Waals surface area contributed by atoms with Crippen molar-refractivity contribution in [3.8, 4) is 0 Å². The summed E-state index contributed by atoms with van der Waals surface area (Å²) in [7, 11) is 0. The summed E-state index contributed by atoms with van der Waals surface area (Å²) in [6, 6.07) is 6.32. The van der Waals surface area contributed by atoms with Gasteiger partial charge in [0.2, 0.25) is 0 Å². The molecule has 2 atom stereocenters. The van der Waals surface area contributed by atoms with Crippen LogP contribution in [0.2, 0.25) is 0 Å². The maximum Gasteiger partial charge on any atom is 0.295 e. The second kappa shape index (κ2) is 4.49. The first-order chi connectivity index (χ1) is 8.72. The lowest BCUT2D eigenvalue weighted by Gasteiger charge is -2.17. The van der Waals surface area contributed by atoms with E-state index >= 15 is 0 Å². The standard InChI is InChI=1S/C13H17N3O2/c1-8(9-4-5-17-7-9)15-13-16-11-3-2-10(14)6-12(11)18-13/h2-3,6,8-9H,4-5,7,14H2,1H3,(H,15,16). The van der Waals surface area contributed by atoms with Crippen molar-refractivity contribution in [1.82, 2.24) is 4.98 Å². The average molecular weight is 247 g/mol. The number of nitrogens with zero attached hydrogens (tertiary/aromatic N) is 1. The van der Waals surface area contributed by atoms with Crippen molar-refractivity contribution < 1.29 is 9.15 Å². The van der Waals surface area contributed by atoms with Crippen molar-refractivity contribution in [2.75, 3.05) is 24.3 Å². The van der Waals surface area contributed by atoms with Crippen LogP contribution in [0.25, 0.3) is 11.1 Å². The number of fused-ring (bicyclic) bond motifs is 1. The molecule has 3 N–H and O–H groups in total. The Morgan fingerprint density at radius 3 is 3.17 bits per heavy atom. The zero-order valence-electron chi connectivity index (χ0n) is 10.3. The molecule has 5 heteroatoms. The SMILES string of the molecule is CC(Nc1nc2ccc(N)cc2o1)C1CCOC1. The number of anilines is 2. The van der Waals surface area contributed by atoms with Gasteiger partial charge in [-0.05, 0) is 25.5 Å². The zero-order valence-corrected chi connectivity index (χ0v) is 10.3. The molecule has 2 unspecified atom stereocenters. The molecule has 1 aliphatic heterocycles. The number of nitrogens with one attached hydrogen (secondary N) is 1. The van der Waals surface area contributed by atoms with Crippen molar-refractivity contribution >= 4 is 22.8 Å².